The Bertz CT molecular complexity index is 750. The van der Waals surface area contributed by atoms with Crippen LogP contribution in [0, 0.1) is 5.92 Å². The van der Waals surface area contributed by atoms with Crippen molar-refractivity contribution < 1.29 is 9.53 Å². The molecule has 2 aromatic heterocycles. The Kier molecular flexibility index (Phi) is 4.20. The molecule has 8 nitrogen and oxygen atoms in total. The van der Waals surface area contributed by atoms with Gasteiger partial charge in [0.25, 0.3) is 5.91 Å². The van der Waals surface area contributed by atoms with Crippen molar-refractivity contribution in [2.75, 3.05) is 19.4 Å². The molecule has 2 N–H and O–H groups in total. The second-order valence-corrected chi connectivity index (χ2v) is 7.06. The van der Waals surface area contributed by atoms with Gasteiger partial charge in [-0.15, -0.1) is 0 Å². The highest BCUT2D eigenvalue weighted by atomic mass is 16.5. The number of aromatic nitrogens is 4. The molecule has 1 saturated carbocycles. The molecule has 8 heteroatoms. The number of nitrogens with two attached hydrogens (primary N) is 1. The molecular weight excluding hydrogens is 320 g/mol. The first-order chi connectivity index (χ1) is 12.1. The molecule has 25 heavy (non-hydrogen) atoms. The molecule has 2 atom stereocenters. The maximum Gasteiger partial charge on any atom is 0.257 e. The molecule has 1 amide bonds. The maximum absolute atomic E-state index is 13.0. The second-order valence-electron chi connectivity index (χ2n) is 7.06. The molecule has 0 spiro atoms. The largest absolute Gasteiger partial charge is 0.382 e. The number of rotatable bonds is 6. The second kappa shape index (κ2) is 6.51. The van der Waals surface area contributed by atoms with Crippen molar-refractivity contribution in [3.8, 4) is 0 Å². The third-order valence-electron chi connectivity index (χ3n) is 5.05. The summed E-state index contributed by atoms with van der Waals surface area (Å²) in [7, 11) is 1.69. The highest BCUT2D eigenvalue weighted by Crippen LogP contribution is 2.30. The van der Waals surface area contributed by atoms with Crippen LogP contribution in [-0.2, 0) is 17.8 Å². The number of amides is 1. The normalized spacial score (nSPS) is 23.3. The minimum atomic E-state index is 0.00623. The standard InChI is InChI=1S/C17H24N6O2/c1-25-15-6-14(10-21-5-4-16(18)20-21)23(11-15)17(24)13-7-19-22(9-13)8-12-2-3-12/h4-5,7,9,12,14-15H,2-3,6,8,10-11H2,1H3,(H2,18,20)/t14-,15+/m0/s1. The molecule has 4 rings (SSSR count). The van der Waals surface area contributed by atoms with Crippen LogP contribution in [0.5, 0.6) is 0 Å². The van der Waals surface area contributed by atoms with Gasteiger partial charge in [-0.1, -0.05) is 0 Å². The van der Waals surface area contributed by atoms with Crippen molar-refractivity contribution in [1.82, 2.24) is 24.5 Å². The van der Waals surface area contributed by atoms with E-state index in [2.05, 4.69) is 10.2 Å². The van der Waals surface area contributed by atoms with Gasteiger partial charge in [0.05, 0.1) is 30.5 Å². The van der Waals surface area contributed by atoms with E-state index in [-0.39, 0.29) is 18.1 Å². The zero-order valence-electron chi connectivity index (χ0n) is 14.4. The number of ether oxygens (including phenoxy) is 1. The zero-order chi connectivity index (χ0) is 17.4. The fourth-order valence-corrected chi connectivity index (χ4v) is 3.47. The van der Waals surface area contributed by atoms with E-state index in [0.717, 1.165) is 18.9 Å². The number of hydrogen-bond donors (Lipinski definition) is 1. The van der Waals surface area contributed by atoms with Gasteiger partial charge in [0, 0.05) is 32.6 Å². The Morgan fingerprint density at radius 3 is 2.88 bits per heavy atom. The molecule has 0 aromatic carbocycles. The predicted octanol–water partition coefficient (Wildman–Crippen LogP) is 1.00. The number of anilines is 1. The summed E-state index contributed by atoms with van der Waals surface area (Å²) in [5, 5.41) is 8.58. The van der Waals surface area contributed by atoms with Crippen LogP contribution < -0.4 is 5.73 Å². The van der Waals surface area contributed by atoms with E-state index < -0.39 is 0 Å². The Hall–Kier alpha value is -2.35. The van der Waals surface area contributed by atoms with Crippen molar-refractivity contribution in [2.45, 2.75) is 44.5 Å². The van der Waals surface area contributed by atoms with Crippen LogP contribution in [0.4, 0.5) is 5.82 Å². The summed E-state index contributed by atoms with van der Waals surface area (Å²) >= 11 is 0. The number of nitrogens with zero attached hydrogens (tertiary/aromatic N) is 5. The topological polar surface area (TPSA) is 91.2 Å². The lowest BCUT2D eigenvalue weighted by Gasteiger charge is -2.23. The van der Waals surface area contributed by atoms with Crippen molar-refractivity contribution in [2.24, 2.45) is 5.92 Å². The molecule has 1 saturated heterocycles. The highest BCUT2D eigenvalue weighted by Gasteiger charge is 2.36. The number of likely N-dealkylation sites (tertiary alicyclic amines) is 1. The molecule has 2 aromatic rings. The lowest BCUT2D eigenvalue weighted by atomic mass is 10.2. The van der Waals surface area contributed by atoms with Gasteiger partial charge in [-0.25, -0.2) is 0 Å². The Balaban J connectivity index is 1.48. The first kappa shape index (κ1) is 16.1. The summed E-state index contributed by atoms with van der Waals surface area (Å²) in [6.45, 7) is 2.10. The molecule has 2 fully saturated rings. The number of hydrogen-bond acceptors (Lipinski definition) is 5. The van der Waals surface area contributed by atoms with Gasteiger partial charge >= 0.3 is 0 Å². The van der Waals surface area contributed by atoms with Crippen LogP contribution >= 0.6 is 0 Å². The minimum absolute atomic E-state index is 0.00623. The lowest BCUT2D eigenvalue weighted by Crippen LogP contribution is -2.38. The molecule has 0 radical (unpaired) electrons. The molecule has 1 aliphatic heterocycles. The van der Waals surface area contributed by atoms with Crippen LogP contribution in [0.1, 0.15) is 29.6 Å². The van der Waals surface area contributed by atoms with Gasteiger partial charge in [0.2, 0.25) is 0 Å². The van der Waals surface area contributed by atoms with Gasteiger partial charge in [-0.05, 0) is 31.2 Å². The zero-order valence-corrected chi connectivity index (χ0v) is 14.4. The van der Waals surface area contributed by atoms with E-state index in [1.807, 2.05) is 22.0 Å². The first-order valence-electron chi connectivity index (χ1n) is 8.77. The summed E-state index contributed by atoms with van der Waals surface area (Å²) in [5.74, 6) is 1.22. The molecular formula is C17H24N6O2. The van der Waals surface area contributed by atoms with E-state index in [4.69, 9.17) is 10.5 Å². The summed E-state index contributed by atoms with van der Waals surface area (Å²) in [6.07, 6.45) is 8.74. The fourth-order valence-electron chi connectivity index (χ4n) is 3.47. The van der Waals surface area contributed by atoms with Crippen LogP contribution in [0.3, 0.4) is 0 Å². The highest BCUT2D eigenvalue weighted by molar-refractivity contribution is 5.94. The molecule has 1 aliphatic carbocycles. The third-order valence-corrected chi connectivity index (χ3v) is 5.05. The Labute approximate surface area is 146 Å². The van der Waals surface area contributed by atoms with Crippen molar-refractivity contribution in [3.05, 3.63) is 30.2 Å². The fraction of sp³-hybridized carbons (Fsp3) is 0.588. The number of carbonyl (C=O) groups is 1. The smallest absolute Gasteiger partial charge is 0.257 e. The van der Waals surface area contributed by atoms with Crippen LogP contribution in [0.2, 0.25) is 0 Å². The van der Waals surface area contributed by atoms with Gasteiger partial charge in [-0.3, -0.25) is 14.2 Å². The SMILES string of the molecule is CO[C@@H]1C[C@@H](Cn2ccc(N)n2)N(C(=O)c2cnn(CC3CC3)c2)C1. The van der Waals surface area contributed by atoms with Crippen molar-refractivity contribution in [1.29, 1.82) is 0 Å². The van der Waals surface area contributed by atoms with Crippen LogP contribution in [0.15, 0.2) is 24.7 Å². The van der Waals surface area contributed by atoms with Gasteiger partial charge in [-0.2, -0.15) is 10.2 Å². The van der Waals surface area contributed by atoms with E-state index in [0.29, 0.717) is 24.5 Å². The number of carbonyl (C=O) groups excluding carboxylic acids is 1. The lowest BCUT2D eigenvalue weighted by molar-refractivity contribution is 0.0678. The Morgan fingerprint density at radius 2 is 2.20 bits per heavy atom. The summed E-state index contributed by atoms with van der Waals surface area (Å²) < 4.78 is 9.17. The molecule has 3 heterocycles. The summed E-state index contributed by atoms with van der Waals surface area (Å²) in [6, 6.07) is 1.79. The van der Waals surface area contributed by atoms with Crippen LogP contribution in [0.25, 0.3) is 0 Å². The summed E-state index contributed by atoms with van der Waals surface area (Å²) in [4.78, 5) is 14.9. The molecule has 0 bridgehead atoms. The summed E-state index contributed by atoms with van der Waals surface area (Å²) in [5.41, 5.74) is 6.33. The number of methoxy groups -OCH3 is 1. The molecule has 0 unspecified atom stereocenters. The van der Waals surface area contributed by atoms with Gasteiger partial charge in [0.15, 0.2) is 0 Å². The van der Waals surface area contributed by atoms with Gasteiger partial charge < -0.3 is 15.4 Å². The third kappa shape index (κ3) is 3.53. The van der Waals surface area contributed by atoms with Crippen LogP contribution in [-0.4, -0.2) is 56.2 Å². The monoisotopic (exact) mass is 344 g/mol. The number of nitrogen functional groups attached to an aromatic ring is 1. The minimum Gasteiger partial charge on any atom is -0.382 e. The van der Waals surface area contributed by atoms with Crippen molar-refractivity contribution >= 4 is 11.7 Å². The van der Waals surface area contributed by atoms with E-state index in [9.17, 15) is 4.79 Å². The maximum atomic E-state index is 13.0. The first-order valence-corrected chi connectivity index (χ1v) is 8.77. The quantitative estimate of drug-likeness (QED) is 0.844. The molecule has 2 aliphatic rings. The predicted molar refractivity (Wildman–Crippen MR) is 91.8 cm³/mol. The van der Waals surface area contributed by atoms with E-state index in [1.165, 1.54) is 12.8 Å². The Morgan fingerprint density at radius 1 is 1.36 bits per heavy atom. The van der Waals surface area contributed by atoms with Gasteiger partial charge in [0.1, 0.15) is 5.82 Å². The molecule has 134 valence electrons. The van der Waals surface area contributed by atoms with Crippen molar-refractivity contribution in [3.63, 3.8) is 0 Å². The average Bonchev–Trinajstić information content (AvgIpc) is 2.99. The van der Waals surface area contributed by atoms with E-state index >= 15 is 0 Å². The van der Waals surface area contributed by atoms with E-state index in [1.54, 1.807) is 24.1 Å². The average molecular weight is 344 g/mol.